The van der Waals surface area contributed by atoms with Crippen molar-refractivity contribution in [1.29, 1.82) is 0 Å². The summed E-state index contributed by atoms with van der Waals surface area (Å²) in [4.78, 5) is 13.6. The van der Waals surface area contributed by atoms with Gasteiger partial charge in [0.25, 0.3) is 0 Å². The van der Waals surface area contributed by atoms with Crippen LogP contribution in [0.2, 0.25) is 0 Å². The van der Waals surface area contributed by atoms with Gasteiger partial charge in [-0.05, 0) is 43.0 Å². The first kappa shape index (κ1) is 19.4. The van der Waals surface area contributed by atoms with Crippen LogP contribution in [0.25, 0.3) is 11.1 Å². The summed E-state index contributed by atoms with van der Waals surface area (Å²) in [6, 6.07) is 16.5. The maximum Gasteiger partial charge on any atom is 0.409 e. The number of benzene rings is 2. The molecule has 1 aliphatic rings. The van der Waals surface area contributed by atoms with Crippen LogP contribution in [-0.4, -0.2) is 45.1 Å². The van der Waals surface area contributed by atoms with Gasteiger partial charge in [0, 0.05) is 19.1 Å². The van der Waals surface area contributed by atoms with Gasteiger partial charge < -0.3 is 9.64 Å². The van der Waals surface area contributed by atoms with E-state index in [1.54, 1.807) is 24.0 Å². The molecule has 1 N–H and O–H groups in total. The third-order valence-electron chi connectivity index (χ3n) is 4.61. The Morgan fingerprint density at radius 3 is 2.22 bits per heavy atom. The molecule has 3 rings (SSSR count). The van der Waals surface area contributed by atoms with Gasteiger partial charge in [-0.3, -0.25) is 0 Å². The standard InChI is InChI=1S/C20H24N2O4S/c1-2-26-20(23)22-14-12-18(13-15-22)21-27(24,25)19-10-8-17(9-11-19)16-6-4-3-5-7-16/h3-11,18,21H,2,12-15H2,1H3. The van der Waals surface area contributed by atoms with Gasteiger partial charge in [0.05, 0.1) is 11.5 Å². The highest BCUT2D eigenvalue weighted by atomic mass is 32.2. The first-order valence-corrected chi connectivity index (χ1v) is 10.6. The molecule has 6 nitrogen and oxygen atoms in total. The topological polar surface area (TPSA) is 75.7 Å². The van der Waals surface area contributed by atoms with Crippen LogP contribution < -0.4 is 4.72 Å². The fraction of sp³-hybridized carbons (Fsp3) is 0.350. The zero-order chi connectivity index (χ0) is 19.3. The Morgan fingerprint density at radius 1 is 1.04 bits per heavy atom. The van der Waals surface area contributed by atoms with Crippen molar-refractivity contribution in [3.8, 4) is 11.1 Å². The smallest absolute Gasteiger partial charge is 0.409 e. The minimum atomic E-state index is -3.59. The molecule has 2 aromatic rings. The second kappa shape index (κ2) is 8.54. The molecule has 0 bridgehead atoms. The van der Waals surface area contributed by atoms with Crippen molar-refractivity contribution >= 4 is 16.1 Å². The number of nitrogens with zero attached hydrogens (tertiary/aromatic N) is 1. The first-order valence-electron chi connectivity index (χ1n) is 9.09. The molecule has 1 amide bonds. The number of nitrogens with one attached hydrogen (secondary N) is 1. The van der Waals surface area contributed by atoms with E-state index in [0.717, 1.165) is 11.1 Å². The molecule has 1 saturated heterocycles. The monoisotopic (exact) mass is 388 g/mol. The molecule has 1 aliphatic heterocycles. The van der Waals surface area contributed by atoms with Crippen molar-refractivity contribution in [2.24, 2.45) is 0 Å². The minimum Gasteiger partial charge on any atom is -0.450 e. The Labute approximate surface area is 160 Å². The van der Waals surface area contributed by atoms with E-state index in [4.69, 9.17) is 4.74 Å². The number of carbonyl (C=O) groups is 1. The highest BCUT2D eigenvalue weighted by Crippen LogP contribution is 2.22. The van der Waals surface area contributed by atoms with Crippen LogP contribution in [0, 0.1) is 0 Å². The van der Waals surface area contributed by atoms with Crippen LogP contribution in [0.3, 0.4) is 0 Å². The van der Waals surface area contributed by atoms with Crippen LogP contribution in [0.15, 0.2) is 59.5 Å². The lowest BCUT2D eigenvalue weighted by Crippen LogP contribution is -2.46. The van der Waals surface area contributed by atoms with Crippen LogP contribution in [0.5, 0.6) is 0 Å². The van der Waals surface area contributed by atoms with Crippen LogP contribution in [-0.2, 0) is 14.8 Å². The summed E-state index contributed by atoms with van der Waals surface area (Å²) in [6.45, 7) is 3.07. The number of sulfonamides is 1. The molecule has 27 heavy (non-hydrogen) atoms. The van der Waals surface area contributed by atoms with Crippen molar-refractivity contribution in [2.45, 2.75) is 30.7 Å². The summed E-state index contributed by atoms with van der Waals surface area (Å²) in [5.74, 6) is 0. The summed E-state index contributed by atoms with van der Waals surface area (Å²) in [7, 11) is -3.59. The van der Waals surface area contributed by atoms with E-state index in [1.165, 1.54) is 0 Å². The number of rotatable bonds is 5. The second-order valence-corrected chi connectivity index (χ2v) is 8.19. The number of hydrogen-bond acceptors (Lipinski definition) is 4. The Hall–Kier alpha value is -2.38. The van der Waals surface area contributed by atoms with Gasteiger partial charge in [0.2, 0.25) is 10.0 Å². The molecular formula is C20H24N2O4S. The predicted molar refractivity (Wildman–Crippen MR) is 104 cm³/mol. The molecule has 0 unspecified atom stereocenters. The van der Waals surface area contributed by atoms with Gasteiger partial charge in [0.15, 0.2) is 0 Å². The van der Waals surface area contributed by atoms with Crippen molar-refractivity contribution in [2.75, 3.05) is 19.7 Å². The normalized spacial score (nSPS) is 15.5. The minimum absolute atomic E-state index is 0.186. The predicted octanol–water partition coefficient (Wildman–Crippen LogP) is 3.25. The number of likely N-dealkylation sites (tertiary alicyclic amines) is 1. The Kier molecular flexibility index (Phi) is 6.13. The fourth-order valence-electron chi connectivity index (χ4n) is 3.14. The number of amides is 1. The zero-order valence-corrected chi connectivity index (χ0v) is 16.1. The molecule has 0 aromatic heterocycles. The highest BCUT2D eigenvalue weighted by molar-refractivity contribution is 7.89. The van der Waals surface area contributed by atoms with Crippen LogP contribution >= 0.6 is 0 Å². The molecule has 1 heterocycles. The van der Waals surface area contributed by atoms with Crippen LogP contribution in [0.4, 0.5) is 4.79 Å². The highest BCUT2D eigenvalue weighted by Gasteiger charge is 2.27. The number of carbonyl (C=O) groups excluding carboxylic acids is 1. The SMILES string of the molecule is CCOC(=O)N1CCC(NS(=O)(=O)c2ccc(-c3ccccc3)cc2)CC1. The Balaban J connectivity index is 1.61. The van der Waals surface area contributed by atoms with Gasteiger partial charge in [-0.1, -0.05) is 42.5 Å². The maximum absolute atomic E-state index is 12.6. The fourth-order valence-corrected chi connectivity index (χ4v) is 4.44. The summed E-state index contributed by atoms with van der Waals surface area (Å²) in [5, 5.41) is 0. The van der Waals surface area contributed by atoms with E-state index in [1.807, 2.05) is 42.5 Å². The average molecular weight is 388 g/mol. The van der Waals surface area contributed by atoms with Gasteiger partial charge in [0.1, 0.15) is 0 Å². The van der Waals surface area contributed by atoms with E-state index in [0.29, 0.717) is 32.5 Å². The third kappa shape index (κ3) is 4.87. The number of ether oxygens (including phenoxy) is 1. The van der Waals surface area contributed by atoms with E-state index in [9.17, 15) is 13.2 Å². The maximum atomic E-state index is 12.6. The lowest BCUT2D eigenvalue weighted by Gasteiger charge is -2.31. The molecule has 0 aliphatic carbocycles. The lowest BCUT2D eigenvalue weighted by molar-refractivity contribution is 0.0966. The second-order valence-electron chi connectivity index (χ2n) is 6.47. The largest absolute Gasteiger partial charge is 0.450 e. The van der Waals surface area contributed by atoms with Crippen molar-refractivity contribution in [3.05, 3.63) is 54.6 Å². The van der Waals surface area contributed by atoms with E-state index in [-0.39, 0.29) is 17.0 Å². The summed E-state index contributed by atoms with van der Waals surface area (Å²) >= 11 is 0. The first-order chi connectivity index (χ1) is 13.0. The van der Waals surface area contributed by atoms with E-state index in [2.05, 4.69) is 4.72 Å². The number of hydrogen-bond donors (Lipinski definition) is 1. The van der Waals surface area contributed by atoms with E-state index >= 15 is 0 Å². The van der Waals surface area contributed by atoms with Crippen molar-refractivity contribution in [1.82, 2.24) is 9.62 Å². The Morgan fingerprint density at radius 2 is 1.63 bits per heavy atom. The Bertz CT molecular complexity index is 859. The molecule has 0 radical (unpaired) electrons. The van der Waals surface area contributed by atoms with Crippen LogP contribution in [0.1, 0.15) is 19.8 Å². The molecule has 1 fully saturated rings. The van der Waals surface area contributed by atoms with Crippen molar-refractivity contribution in [3.63, 3.8) is 0 Å². The summed E-state index contributed by atoms with van der Waals surface area (Å²) in [6.07, 6.45) is 0.801. The molecule has 0 atom stereocenters. The average Bonchev–Trinajstić information content (AvgIpc) is 2.69. The molecule has 0 spiro atoms. The number of piperidine rings is 1. The van der Waals surface area contributed by atoms with Crippen molar-refractivity contribution < 1.29 is 17.9 Å². The van der Waals surface area contributed by atoms with Gasteiger partial charge in [-0.2, -0.15) is 0 Å². The lowest BCUT2D eigenvalue weighted by atomic mass is 10.1. The zero-order valence-electron chi connectivity index (χ0n) is 15.3. The molecule has 0 saturated carbocycles. The summed E-state index contributed by atoms with van der Waals surface area (Å²) < 4.78 is 33.0. The molecule has 7 heteroatoms. The van der Waals surface area contributed by atoms with Gasteiger partial charge >= 0.3 is 6.09 Å². The van der Waals surface area contributed by atoms with Gasteiger partial charge in [-0.25, -0.2) is 17.9 Å². The molecule has 144 valence electrons. The van der Waals surface area contributed by atoms with E-state index < -0.39 is 10.0 Å². The summed E-state index contributed by atoms with van der Waals surface area (Å²) in [5.41, 5.74) is 2.01. The quantitative estimate of drug-likeness (QED) is 0.853. The molecular weight excluding hydrogens is 364 g/mol. The van der Waals surface area contributed by atoms with Gasteiger partial charge in [-0.15, -0.1) is 0 Å². The third-order valence-corrected chi connectivity index (χ3v) is 6.15. The molecule has 2 aromatic carbocycles.